The van der Waals surface area contributed by atoms with Crippen LogP contribution in [-0.2, 0) is 4.79 Å². The van der Waals surface area contributed by atoms with Crippen molar-refractivity contribution < 1.29 is 19.8 Å². The van der Waals surface area contributed by atoms with E-state index in [0.717, 1.165) is 4.88 Å². The van der Waals surface area contributed by atoms with Gasteiger partial charge in [-0.25, -0.2) is 4.79 Å². The molecule has 5 nitrogen and oxygen atoms in total. The van der Waals surface area contributed by atoms with E-state index in [2.05, 4.69) is 5.32 Å². The van der Waals surface area contributed by atoms with Gasteiger partial charge in [0.1, 0.15) is 5.56 Å². The summed E-state index contributed by atoms with van der Waals surface area (Å²) in [5.41, 5.74) is -0.198. The van der Waals surface area contributed by atoms with E-state index < -0.39 is 17.6 Å². The average molecular weight is 289 g/mol. The second kappa shape index (κ2) is 6.03. The first-order chi connectivity index (χ1) is 9.58. The molecule has 0 unspecified atom stereocenters. The Morgan fingerprint density at radius 1 is 1.20 bits per heavy atom. The minimum atomic E-state index is -1.26. The quantitative estimate of drug-likeness (QED) is 0.596. The van der Waals surface area contributed by atoms with Crippen LogP contribution in [0.15, 0.2) is 41.8 Å². The van der Waals surface area contributed by atoms with Gasteiger partial charge in [-0.1, -0.05) is 12.1 Å². The number of carboxylic acids is 1. The third-order valence-electron chi connectivity index (χ3n) is 2.47. The highest BCUT2D eigenvalue weighted by atomic mass is 32.1. The molecule has 0 spiro atoms. The highest BCUT2D eigenvalue weighted by molar-refractivity contribution is 7.10. The van der Waals surface area contributed by atoms with Gasteiger partial charge in [0.15, 0.2) is 5.75 Å². The van der Waals surface area contributed by atoms with Gasteiger partial charge in [-0.05, 0) is 29.7 Å². The van der Waals surface area contributed by atoms with Crippen LogP contribution in [0.3, 0.4) is 0 Å². The van der Waals surface area contributed by atoms with Crippen molar-refractivity contribution in [3.05, 3.63) is 52.2 Å². The third kappa shape index (κ3) is 3.24. The minimum Gasteiger partial charge on any atom is -0.505 e. The van der Waals surface area contributed by atoms with Gasteiger partial charge in [0.25, 0.3) is 0 Å². The molecule has 3 N–H and O–H groups in total. The van der Waals surface area contributed by atoms with Crippen LogP contribution in [0.25, 0.3) is 6.08 Å². The summed E-state index contributed by atoms with van der Waals surface area (Å²) in [7, 11) is 0. The van der Waals surface area contributed by atoms with Gasteiger partial charge < -0.3 is 15.5 Å². The number of para-hydroxylation sites is 1. The van der Waals surface area contributed by atoms with E-state index in [4.69, 9.17) is 5.11 Å². The molecule has 1 aromatic heterocycles. The lowest BCUT2D eigenvalue weighted by atomic mass is 10.1. The van der Waals surface area contributed by atoms with Crippen molar-refractivity contribution in [3.8, 4) is 5.75 Å². The molecule has 1 amide bonds. The number of hydrogen-bond donors (Lipinski definition) is 3. The Kier molecular flexibility index (Phi) is 4.17. The first-order valence-electron chi connectivity index (χ1n) is 5.66. The Balaban J connectivity index is 2.12. The van der Waals surface area contributed by atoms with Crippen molar-refractivity contribution in [2.24, 2.45) is 0 Å². The van der Waals surface area contributed by atoms with Crippen LogP contribution >= 0.6 is 11.3 Å². The van der Waals surface area contributed by atoms with Crippen LogP contribution in [0, 0.1) is 0 Å². The minimum absolute atomic E-state index is 0.0609. The summed E-state index contributed by atoms with van der Waals surface area (Å²) in [6.07, 6.45) is 2.96. The monoisotopic (exact) mass is 289 g/mol. The lowest BCUT2D eigenvalue weighted by molar-refractivity contribution is -0.111. The number of carbonyl (C=O) groups excluding carboxylic acids is 1. The molecule has 0 saturated heterocycles. The Labute approximate surface area is 118 Å². The number of phenols is 1. The van der Waals surface area contributed by atoms with Gasteiger partial charge in [0.2, 0.25) is 5.91 Å². The fraction of sp³-hybridized carbons (Fsp3) is 0. The Bertz CT molecular complexity index is 662. The summed E-state index contributed by atoms with van der Waals surface area (Å²) < 4.78 is 0. The first-order valence-corrected chi connectivity index (χ1v) is 6.53. The molecule has 0 bridgehead atoms. The van der Waals surface area contributed by atoms with E-state index in [9.17, 15) is 14.7 Å². The molecular weight excluding hydrogens is 278 g/mol. The number of benzene rings is 1. The molecule has 0 radical (unpaired) electrons. The number of nitrogens with one attached hydrogen (secondary N) is 1. The van der Waals surface area contributed by atoms with Crippen LogP contribution < -0.4 is 5.32 Å². The second-order valence-electron chi connectivity index (χ2n) is 3.84. The fourth-order valence-corrected chi connectivity index (χ4v) is 2.15. The molecule has 0 aliphatic carbocycles. The largest absolute Gasteiger partial charge is 0.505 e. The van der Waals surface area contributed by atoms with Crippen LogP contribution in [0.2, 0.25) is 0 Å². The lowest BCUT2D eigenvalue weighted by Crippen LogP contribution is -2.09. The molecule has 0 aliphatic rings. The molecule has 20 heavy (non-hydrogen) atoms. The highest BCUT2D eigenvalue weighted by Gasteiger charge is 2.13. The predicted molar refractivity (Wildman–Crippen MR) is 77.0 cm³/mol. The van der Waals surface area contributed by atoms with Crippen LogP contribution in [0.4, 0.5) is 5.69 Å². The van der Waals surface area contributed by atoms with Gasteiger partial charge in [0, 0.05) is 11.0 Å². The maximum absolute atomic E-state index is 11.7. The number of aromatic hydroxyl groups is 1. The summed E-state index contributed by atoms with van der Waals surface area (Å²) in [5, 5.41) is 22.9. The number of aromatic carboxylic acids is 1. The van der Waals surface area contributed by atoms with E-state index in [-0.39, 0.29) is 11.3 Å². The van der Waals surface area contributed by atoms with Crippen molar-refractivity contribution >= 4 is 35.0 Å². The fourth-order valence-electron chi connectivity index (χ4n) is 1.54. The van der Waals surface area contributed by atoms with Gasteiger partial charge in [-0.15, -0.1) is 11.3 Å². The number of anilines is 1. The first kappa shape index (κ1) is 13.8. The average Bonchev–Trinajstić information content (AvgIpc) is 2.91. The normalized spacial score (nSPS) is 10.6. The van der Waals surface area contributed by atoms with Crippen molar-refractivity contribution in [1.29, 1.82) is 0 Å². The van der Waals surface area contributed by atoms with Crippen molar-refractivity contribution in [3.63, 3.8) is 0 Å². The lowest BCUT2D eigenvalue weighted by Gasteiger charge is -2.07. The Morgan fingerprint density at radius 2 is 2.00 bits per heavy atom. The predicted octanol–water partition coefficient (Wildman–Crippen LogP) is 2.80. The van der Waals surface area contributed by atoms with Gasteiger partial charge in [0.05, 0.1) is 5.69 Å². The third-order valence-corrected chi connectivity index (χ3v) is 3.30. The molecule has 2 rings (SSSR count). The molecule has 0 fully saturated rings. The molecule has 0 aliphatic heterocycles. The van der Waals surface area contributed by atoms with E-state index >= 15 is 0 Å². The van der Waals surface area contributed by atoms with Crippen molar-refractivity contribution in [1.82, 2.24) is 0 Å². The van der Waals surface area contributed by atoms with Crippen molar-refractivity contribution in [2.45, 2.75) is 0 Å². The van der Waals surface area contributed by atoms with E-state index in [1.807, 2.05) is 17.5 Å². The van der Waals surface area contributed by atoms with Crippen LogP contribution in [-0.4, -0.2) is 22.1 Å². The smallest absolute Gasteiger partial charge is 0.339 e. The van der Waals surface area contributed by atoms with Gasteiger partial charge in [-0.3, -0.25) is 4.79 Å². The zero-order valence-electron chi connectivity index (χ0n) is 10.2. The van der Waals surface area contributed by atoms with E-state index in [1.54, 1.807) is 6.08 Å². The molecule has 0 saturated carbocycles. The molecule has 0 atom stereocenters. The molecule has 2 aromatic rings. The van der Waals surface area contributed by atoms with Crippen LogP contribution in [0.5, 0.6) is 5.75 Å². The number of amides is 1. The molecule has 1 aromatic carbocycles. The van der Waals surface area contributed by atoms with E-state index in [1.165, 1.54) is 35.6 Å². The number of hydrogen-bond acceptors (Lipinski definition) is 4. The number of carbonyl (C=O) groups is 2. The standard InChI is InChI=1S/C14H11NO4S/c16-12(7-6-9-3-2-8-20-9)15-11-5-1-4-10(13(11)17)14(18)19/h1-8,17H,(H,15,16)(H,18,19)/b7-6+. The number of thiophene rings is 1. The Morgan fingerprint density at radius 3 is 2.65 bits per heavy atom. The maximum Gasteiger partial charge on any atom is 0.339 e. The number of carboxylic acid groups (broad SMARTS) is 1. The Hall–Kier alpha value is -2.60. The maximum atomic E-state index is 11.7. The van der Waals surface area contributed by atoms with Gasteiger partial charge >= 0.3 is 5.97 Å². The molecule has 1 heterocycles. The van der Waals surface area contributed by atoms with Gasteiger partial charge in [-0.2, -0.15) is 0 Å². The highest BCUT2D eigenvalue weighted by Crippen LogP contribution is 2.27. The summed E-state index contributed by atoms with van der Waals surface area (Å²) in [6.45, 7) is 0. The zero-order valence-corrected chi connectivity index (χ0v) is 11.1. The summed E-state index contributed by atoms with van der Waals surface area (Å²) in [5.74, 6) is -2.16. The van der Waals surface area contributed by atoms with Crippen molar-refractivity contribution in [2.75, 3.05) is 5.32 Å². The second-order valence-corrected chi connectivity index (χ2v) is 4.82. The van der Waals surface area contributed by atoms with E-state index in [0.29, 0.717) is 0 Å². The summed E-state index contributed by atoms with van der Waals surface area (Å²) in [6, 6.07) is 7.86. The molecular formula is C14H11NO4S. The summed E-state index contributed by atoms with van der Waals surface area (Å²) >= 11 is 1.49. The molecule has 6 heteroatoms. The SMILES string of the molecule is O=C(/C=C/c1cccs1)Nc1cccc(C(=O)O)c1O. The zero-order chi connectivity index (χ0) is 14.5. The van der Waals surface area contributed by atoms with Crippen LogP contribution in [0.1, 0.15) is 15.2 Å². The molecule has 102 valence electrons. The number of rotatable bonds is 4. The summed E-state index contributed by atoms with van der Waals surface area (Å²) in [4.78, 5) is 23.5. The topological polar surface area (TPSA) is 86.6 Å².